The lowest BCUT2D eigenvalue weighted by atomic mass is 10.1. The van der Waals surface area contributed by atoms with Gasteiger partial charge in [0.05, 0.1) is 11.6 Å². The van der Waals surface area contributed by atoms with Crippen LogP contribution in [0.15, 0.2) is 48.5 Å². The molecule has 0 radical (unpaired) electrons. The molecular formula is C21H20F2N2O2. The van der Waals surface area contributed by atoms with Crippen LogP contribution in [-0.2, 0) is 16.1 Å². The SMILES string of the molecule is O=C1CC(C(=O)N(Cc2cccc(F)c2)C2CC2)CN1c1ccccc1F. The number of anilines is 1. The number of hydrogen-bond acceptors (Lipinski definition) is 2. The topological polar surface area (TPSA) is 40.6 Å². The molecule has 1 aliphatic heterocycles. The number of rotatable bonds is 5. The Kier molecular flexibility index (Phi) is 4.64. The van der Waals surface area contributed by atoms with Gasteiger partial charge in [-0.1, -0.05) is 24.3 Å². The van der Waals surface area contributed by atoms with E-state index in [9.17, 15) is 18.4 Å². The average molecular weight is 370 g/mol. The van der Waals surface area contributed by atoms with Crippen LogP contribution in [0.4, 0.5) is 14.5 Å². The molecule has 1 heterocycles. The molecule has 4 rings (SSSR count). The predicted molar refractivity (Wildman–Crippen MR) is 96.8 cm³/mol. The van der Waals surface area contributed by atoms with Gasteiger partial charge in [0.1, 0.15) is 11.6 Å². The number of carbonyl (C=O) groups is 2. The summed E-state index contributed by atoms with van der Waals surface area (Å²) in [6.45, 7) is 0.497. The first kappa shape index (κ1) is 17.6. The van der Waals surface area contributed by atoms with Gasteiger partial charge in [-0.2, -0.15) is 0 Å². The second kappa shape index (κ2) is 7.10. The third-order valence-corrected chi connectivity index (χ3v) is 5.13. The Morgan fingerprint density at radius 2 is 1.89 bits per heavy atom. The van der Waals surface area contributed by atoms with E-state index in [0.29, 0.717) is 6.54 Å². The van der Waals surface area contributed by atoms with Crippen LogP contribution in [0.25, 0.3) is 0 Å². The fourth-order valence-electron chi connectivity index (χ4n) is 3.62. The lowest BCUT2D eigenvalue weighted by molar-refractivity contribution is -0.137. The van der Waals surface area contributed by atoms with Crippen LogP contribution in [0.3, 0.4) is 0 Å². The van der Waals surface area contributed by atoms with Gasteiger partial charge in [-0.25, -0.2) is 8.78 Å². The van der Waals surface area contributed by atoms with Crippen LogP contribution in [0.1, 0.15) is 24.8 Å². The number of halogens is 2. The van der Waals surface area contributed by atoms with E-state index >= 15 is 0 Å². The van der Waals surface area contributed by atoms with E-state index < -0.39 is 11.7 Å². The maximum Gasteiger partial charge on any atom is 0.228 e. The molecule has 0 spiro atoms. The van der Waals surface area contributed by atoms with E-state index in [-0.39, 0.29) is 42.3 Å². The first-order valence-electron chi connectivity index (χ1n) is 9.13. The summed E-state index contributed by atoms with van der Waals surface area (Å²) in [4.78, 5) is 28.6. The molecule has 6 heteroatoms. The third-order valence-electron chi connectivity index (χ3n) is 5.13. The van der Waals surface area contributed by atoms with Gasteiger partial charge in [-0.15, -0.1) is 0 Å². The fourth-order valence-corrected chi connectivity index (χ4v) is 3.62. The number of amides is 2. The van der Waals surface area contributed by atoms with Crippen molar-refractivity contribution < 1.29 is 18.4 Å². The number of hydrogen-bond donors (Lipinski definition) is 0. The van der Waals surface area contributed by atoms with Gasteiger partial charge in [0.2, 0.25) is 11.8 Å². The van der Waals surface area contributed by atoms with Crippen LogP contribution >= 0.6 is 0 Å². The maximum atomic E-state index is 14.0. The second-order valence-electron chi connectivity index (χ2n) is 7.18. The van der Waals surface area contributed by atoms with E-state index in [0.717, 1.165) is 18.4 Å². The molecule has 0 aromatic heterocycles. The molecule has 1 saturated carbocycles. The molecule has 2 aliphatic rings. The Morgan fingerprint density at radius 3 is 2.59 bits per heavy atom. The molecule has 2 fully saturated rings. The highest BCUT2D eigenvalue weighted by Gasteiger charge is 2.41. The van der Waals surface area contributed by atoms with Gasteiger partial charge in [0, 0.05) is 25.6 Å². The summed E-state index contributed by atoms with van der Waals surface area (Å²) >= 11 is 0. The van der Waals surface area contributed by atoms with Crippen LogP contribution in [-0.4, -0.2) is 29.3 Å². The molecule has 140 valence electrons. The van der Waals surface area contributed by atoms with Gasteiger partial charge in [0.25, 0.3) is 0 Å². The molecule has 2 amide bonds. The summed E-state index contributed by atoms with van der Waals surface area (Å²) in [5, 5.41) is 0. The quantitative estimate of drug-likeness (QED) is 0.808. The zero-order valence-electron chi connectivity index (χ0n) is 14.8. The lowest BCUT2D eigenvalue weighted by Crippen LogP contribution is -2.38. The van der Waals surface area contributed by atoms with E-state index in [2.05, 4.69) is 0 Å². The van der Waals surface area contributed by atoms with Crippen molar-refractivity contribution in [1.29, 1.82) is 0 Å². The van der Waals surface area contributed by atoms with Gasteiger partial charge in [-0.3, -0.25) is 9.59 Å². The molecule has 4 nitrogen and oxygen atoms in total. The first-order chi connectivity index (χ1) is 13.0. The first-order valence-corrected chi connectivity index (χ1v) is 9.13. The molecule has 1 saturated heterocycles. The highest BCUT2D eigenvalue weighted by atomic mass is 19.1. The van der Waals surface area contributed by atoms with Crippen molar-refractivity contribution in [3.63, 3.8) is 0 Å². The monoisotopic (exact) mass is 370 g/mol. The van der Waals surface area contributed by atoms with Crippen molar-refractivity contribution in [2.24, 2.45) is 5.92 Å². The summed E-state index contributed by atoms with van der Waals surface area (Å²) in [5.74, 6) is -1.68. The molecule has 0 bridgehead atoms. The molecule has 0 N–H and O–H groups in total. The predicted octanol–water partition coefficient (Wildman–Crippen LogP) is 3.51. The normalized spacial score (nSPS) is 19.4. The van der Waals surface area contributed by atoms with Crippen LogP contribution in [0.2, 0.25) is 0 Å². The van der Waals surface area contributed by atoms with Gasteiger partial charge < -0.3 is 9.80 Å². The Labute approximate surface area is 156 Å². The number of benzene rings is 2. The largest absolute Gasteiger partial charge is 0.335 e. The molecular weight excluding hydrogens is 350 g/mol. The summed E-state index contributed by atoms with van der Waals surface area (Å²) in [5.41, 5.74) is 0.937. The number of carbonyl (C=O) groups excluding carboxylic acids is 2. The smallest absolute Gasteiger partial charge is 0.228 e. The molecule has 1 unspecified atom stereocenters. The Morgan fingerprint density at radius 1 is 1.11 bits per heavy atom. The van der Waals surface area contributed by atoms with Crippen molar-refractivity contribution in [3.8, 4) is 0 Å². The number of nitrogens with zero attached hydrogens (tertiary/aromatic N) is 2. The zero-order valence-corrected chi connectivity index (χ0v) is 14.8. The van der Waals surface area contributed by atoms with E-state index in [1.54, 1.807) is 35.2 Å². The van der Waals surface area contributed by atoms with Crippen molar-refractivity contribution in [2.75, 3.05) is 11.4 Å². The van der Waals surface area contributed by atoms with Gasteiger partial charge >= 0.3 is 0 Å². The highest BCUT2D eigenvalue weighted by Crippen LogP contribution is 2.33. The Hall–Kier alpha value is -2.76. The average Bonchev–Trinajstić information content (AvgIpc) is 3.42. The Balaban J connectivity index is 1.51. The summed E-state index contributed by atoms with van der Waals surface area (Å²) in [6.07, 6.45) is 1.90. The lowest BCUT2D eigenvalue weighted by Gasteiger charge is -2.26. The second-order valence-corrected chi connectivity index (χ2v) is 7.18. The standard InChI is InChI=1S/C21H20F2N2O2/c22-16-5-3-4-14(10-16)12-24(17-8-9-17)21(27)15-11-20(26)25(13-15)19-7-2-1-6-18(19)23/h1-7,10,15,17H,8-9,11-13H2. The molecule has 27 heavy (non-hydrogen) atoms. The minimum atomic E-state index is -0.508. The molecule has 1 aliphatic carbocycles. The number of para-hydroxylation sites is 1. The molecule has 2 aromatic rings. The van der Waals surface area contributed by atoms with Crippen molar-refractivity contribution in [1.82, 2.24) is 4.90 Å². The van der Waals surface area contributed by atoms with Gasteiger partial charge in [0.15, 0.2) is 0 Å². The van der Waals surface area contributed by atoms with Crippen LogP contribution < -0.4 is 4.90 Å². The van der Waals surface area contributed by atoms with Crippen LogP contribution in [0, 0.1) is 17.6 Å². The summed E-state index contributed by atoms with van der Waals surface area (Å²) in [7, 11) is 0. The zero-order chi connectivity index (χ0) is 19.0. The fraction of sp³-hybridized carbons (Fsp3) is 0.333. The van der Waals surface area contributed by atoms with Gasteiger partial charge in [-0.05, 0) is 42.7 Å². The van der Waals surface area contributed by atoms with E-state index in [4.69, 9.17) is 0 Å². The maximum absolute atomic E-state index is 14.0. The van der Waals surface area contributed by atoms with Crippen molar-refractivity contribution in [2.45, 2.75) is 31.8 Å². The van der Waals surface area contributed by atoms with E-state index in [1.165, 1.54) is 23.1 Å². The molecule has 1 atom stereocenters. The summed E-state index contributed by atoms with van der Waals surface area (Å²) < 4.78 is 27.5. The Bertz CT molecular complexity index is 882. The minimum absolute atomic E-state index is 0.0690. The molecule has 2 aromatic carbocycles. The van der Waals surface area contributed by atoms with Crippen molar-refractivity contribution in [3.05, 3.63) is 65.7 Å². The highest BCUT2D eigenvalue weighted by molar-refractivity contribution is 6.00. The summed E-state index contributed by atoms with van der Waals surface area (Å²) in [6, 6.07) is 12.4. The minimum Gasteiger partial charge on any atom is -0.335 e. The third kappa shape index (κ3) is 3.70. The van der Waals surface area contributed by atoms with E-state index in [1.807, 2.05) is 0 Å². The van der Waals surface area contributed by atoms with Crippen molar-refractivity contribution >= 4 is 17.5 Å². The van der Waals surface area contributed by atoms with Crippen LogP contribution in [0.5, 0.6) is 0 Å².